The van der Waals surface area contributed by atoms with Crippen LogP contribution >= 0.6 is 0 Å². The van der Waals surface area contributed by atoms with E-state index in [0.29, 0.717) is 6.04 Å². The van der Waals surface area contributed by atoms with Crippen LogP contribution in [0.2, 0.25) is 0 Å². The molecule has 4 heteroatoms. The van der Waals surface area contributed by atoms with Crippen LogP contribution in [0.4, 0.5) is 0 Å². The van der Waals surface area contributed by atoms with E-state index in [9.17, 15) is 4.79 Å². The third-order valence-electron chi connectivity index (χ3n) is 2.68. The van der Waals surface area contributed by atoms with Gasteiger partial charge in [0, 0.05) is 32.8 Å². The Labute approximate surface area is 85.6 Å². The van der Waals surface area contributed by atoms with Gasteiger partial charge in [0.05, 0.1) is 0 Å². The molecule has 82 valence electrons. The maximum atomic E-state index is 12.0. The summed E-state index contributed by atoms with van der Waals surface area (Å²) in [6.45, 7) is 8.11. The van der Waals surface area contributed by atoms with Gasteiger partial charge in [0.2, 0.25) is 0 Å². The Hall–Kier alpha value is -0.610. The molecule has 14 heavy (non-hydrogen) atoms. The fourth-order valence-corrected chi connectivity index (χ4v) is 1.58. The van der Waals surface area contributed by atoms with Crippen molar-refractivity contribution in [3.05, 3.63) is 0 Å². The molecule has 1 rings (SSSR count). The van der Waals surface area contributed by atoms with Crippen LogP contribution in [0.25, 0.3) is 0 Å². The van der Waals surface area contributed by atoms with Gasteiger partial charge >= 0.3 is 0 Å². The molecule has 0 aromatic rings. The third kappa shape index (κ3) is 2.45. The predicted molar refractivity (Wildman–Crippen MR) is 55.1 cm³/mol. The largest absolute Gasteiger partial charge is 0.369 e. The molecule has 0 aliphatic carbocycles. The average molecular weight is 200 g/mol. The summed E-state index contributed by atoms with van der Waals surface area (Å²) in [4.78, 5) is 13.8. The van der Waals surface area contributed by atoms with E-state index in [2.05, 4.69) is 12.2 Å². The van der Waals surface area contributed by atoms with Gasteiger partial charge in [-0.15, -0.1) is 0 Å². The zero-order valence-corrected chi connectivity index (χ0v) is 9.46. The second-order valence-corrected chi connectivity index (χ2v) is 4.32. The average Bonchev–Trinajstić information content (AvgIpc) is 2.16. The Bertz CT molecular complexity index is 216. The normalized spacial score (nSPS) is 23.7. The maximum absolute atomic E-state index is 12.0. The van der Waals surface area contributed by atoms with Crippen LogP contribution in [-0.2, 0) is 9.53 Å². The van der Waals surface area contributed by atoms with E-state index < -0.39 is 5.60 Å². The molecule has 0 aromatic heterocycles. The van der Waals surface area contributed by atoms with Gasteiger partial charge in [-0.25, -0.2) is 0 Å². The number of ether oxygens (including phenoxy) is 1. The molecule has 0 spiro atoms. The van der Waals surface area contributed by atoms with E-state index in [4.69, 9.17) is 4.74 Å². The van der Waals surface area contributed by atoms with Gasteiger partial charge < -0.3 is 15.0 Å². The van der Waals surface area contributed by atoms with Crippen molar-refractivity contribution in [1.82, 2.24) is 10.2 Å². The van der Waals surface area contributed by atoms with Gasteiger partial charge in [0.1, 0.15) is 5.60 Å². The van der Waals surface area contributed by atoms with Gasteiger partial charge in [-0.1, -0.05) is 0 Å². The van der Waals surface area contributed by atoms with Crippen LogP contribution < -0.4 is 5.32 Å². The number of methoxy groups -OCH3 is 1. The molecule has 1 heterocycles. The fourth-order valence-electron chi connectivity index (χ4n) is 1.58. The molecule has 1 aliphatic heterocycles. The summed E-state index contributed by atoms with van der Waals surface area (Å²) in [7, 11) is 1.57. The Morgan fingerprint density at radius 3 is 2.71 bits per heavy atom. The lowest BCUT2D eigenvalue weighted by Crippen LogP contribution is -2.56. The molecule has 1 aliphatic rings. The number of hydrogen-bond acceptors (Lipinski definition) is 3. The molecule has 4 nitrogen and oxygen atoms in total. The third-order valence-corrected chi connectivity index (χ3v) is 2.68. The highest BCUT2D eigenvalue weighted by atomic mass is 16.5. The molecule has 1 amide bonds. The first kappa shape index (κ1) is 11.5. The molecule has 0 bridgehead atoms. The van der Waals surface area contributed by atoms with E-state index in [1.807, 2.05) is 18.7 Å². The molecule has 1 atom stereocenters. The summed E-state index contributed by atoms with van der Waals surface area (Å²) in [5, 5.41) is 3.30. The quantitative estimate of drug-likeness (QED) is 0.694. The number of nitrogens with one attached hydrogen (secondary N) is 1. The summed E-state index contributed by atoms with van der Waals surface area (Å²) in [6.07, 6.45) is 0. The minimum absolute atomic E-state index is 0.0772. The van der Waals surface area contributed by atoms with Crippen molar-refractivity contribution in [2.45, 2.75) is 32.4 Å². The molecule has 1 saturated heterocycles. The summed E-state index contributed by atoms with van der Waals surface area (Å²) >= 11 is 0. The van der Waals surface area contributed by atoms with E-state index in [1.54, 1.807) is 7.11 Å². The number of nitrogens with zero attached hydrogens (tertiary/aromatic N) is 1. The van der Waals surface area contributed by atoms with Crippen LogP contribution in [0, 0.1) is 0 Å². The van der Waals surface area contributed by atoms with E-state index in [-0.39, 0.29) is 5.91 Å². The predicted octanol–water partition coefficient (Wildman–Crippen LogP) is 0.232. The molecular weight excluding hydrogens is 180 g/mol. The van der Waals surface area contributed by atoms with Crippen molar-refractivity contribution >= 4 is 5.91 Å². The second-order valence-electron chi connectivity index (χ2n) is 4.32. The molecular formula is C10H20N2O2. The fraction of sp³-hybridized carbons (Fsp3) is 0.900. The van der Waals surface area contributed by atoms with Crippen molar-refractivity contribution in [1.29, 1.82) is 0 Å². The topological polar surface area (TPSA) is 41.6 Å². The Balaban J connectivity index is 2.60. The second kappa shape index (κ2) is 4.28. The van der Waals surface area contributed by atoms with Crippen LogP contribution in [-0.4, -0.2) is 49.2 Å². The lowest BCUT2D eigenvalue weighted by Gasteiger charge is -2.36. The van der Waals surface area contributed by atoms with Gasteiger partial charge in [-0.05, 0) is 20.8 Å². The lowest BCUT2D eigenvalue weighted by atomic mass is 10.1. The van der Waals surface area contributed by atoms with Crippen LogP contribution in [0.3, 0.4) is 0 Å². The molecule has 0 unspecified atom stereocenters. The Kier molecular flexibility index (Phi) is 3.50. The summed E-state index contributed by atoms with van der Waals surface area (Å²) in [5.41, 5.74) is -0.697. The van der Waals surface area contributed by atoms with E-state index >= 15 is 0 Å². The number of carbonyl (C=O) groups is 1. The maximum Gasteiger partial charge on any atom is 0.254 e. The van der Waals surface area contributed by atoms with Gasteiger partial charge in [-0.3, -0.25) is 4.79 Å². The van der Waals surface area contributed by atoms with Crippen molar-refractivity contribution < 1.29 is 9.53 Å². The number of rotatable bonds is 2. The molecule has 0 radical (unpaired) electrons. The zero-order chi connectivity index (χ0) is 10.8. The Morgan fingerprint density at radius 1 is 1.57 bits per heavy atom. The summed E-state index contributed by atoms with van der Waals surface area (Å²) in [6, 6.07) is 0.375. The van der Waals surface area contributed by atoms with Crippen molar-refractivity contribution in [3.8, 4) is 0 Å². The number of carbonyl (C=O) groups excluding carboxylic acids is 1. The van der Waals surface area contributed by atoms with Gasteiger partial charge in [-0.2, -0.15) is 0 Å². The standard InChI is InChI=1S/C10H20N2O2/c1-8-7-12(6-5-11-8)9(13)10(2,3)14-4/h8,11H,5-7H2,1-4H3/t8-/m1/s1. The lowest BCUT2D eigenvalue weighted by molar-refractivity contribution is -0.152. The number of amides is 1. The summed E-state index contributed by atoms with van der Waals surface area (Å²) < 4.78 is 5.18. The van der Waals surface area contributed by atoms with E-state index in [0.717, 1.165) is 19.6 Å². The van der Waals surface area contributed by atoms with Crippen molar-refractivity contribution in [3.63, 3.8) is 0 Å². The first-order chi connectivity index (χ1) is 6.47. The first-order valence-corrected chi connectivity index (χ1v) is 5.05. The molecule has 0 aromatic carbocycles. The van der Waals surface area contributed by atoms with Crippen LogP contribution in [0.1, 0.15) is 20.8 Å². The highest BCUT2D eigenvalue weighted by molar-refractivity contribution is 5.84. The zero-order valence-electron chi connectivity index (χ0n) is 9.46. The smallest absolute Gasteiger partial charge is 0.254 e. The minimum atomic E-state index is -0.697. The first-order valence-electron chi connectivity index (χ1n) is 5.05. The van der Waals surface area contributed by atoms with Gasteiger partial charge in [0.25, 0.3) is 5.91 Å². The highest BCUT2D eigenvalue weighted by Crippen LogP contribution is 2.13. The number of piperazine rings is 1. The van der Waals surface area contributed by atoms with Crippen LogP contribution in [0.15, 0.2) is 0 Å². The van der Waals surface area contributed by atoms with Crippen molar-refractivity contribution in [2.75, 3.05) is 26.7 Å². The monoisotopic (exact) mass is 200 g/mol. The molecule has 1 N–H and O–H groups in total. The molecule has 0 saturated carbocycles. The number of hydrogen-bond donors (Lipinski definition) is 1. The van der Waals surface area contributed by atoms with Gasteiger partial charge in [0.15, 0.2) is 0 Å². The molecule has 1 fully saturated rings. The highest BCUT2D eigenvalue weighted by Gasteiger charge is 2.33. The minimum Gasteiger partial charge on any atom is -0.369 e. The SMILES string of the molecule is COC(C)(C)C(=O)N1CCN[C@H](C)C1. The van der Waals surface area contributed by atoms with Crippen molar-refractivity contribution in [2.24, 2.45) is 0 Å². The van der Waals surface area contributed by atoms with Crippen LogP contribution in [0.5, 0.6) is 0 Å². The summed E-state index contributed by atoms with van der Waals surface area (Å²) in [5.74, 6) is 0.0772. The van der Waals surface area contributed by atoms with E-state index in [1.165, 1.54) is 0 Å². The Morgan fingerprint density at radius 2 is 2.21 bits per heavy atom.